The molecule has 2 amide bonds. The van der Waals surface area contributed by atoms with Crippen molar-refractivity contribution in [1.29, 1.82) is 0 Å². The first-order valence-electron chi connectivity index (χ1n) is 6.58. The Labute approximate surface area is 119 Å². The van der Waals surface area contributed by atoms with Crippen LogP contribution in [0.1, 0.15) is 18.9 Å². The van der Waals surface area contributed by atoms with Gasteiger partial charge in [-0.25, -0.2) is 0 Å². The minimum Gasteiger partial charge on any atom is -0.326 e. The van der Waals surface area contributed by atoms with Crippen LogP contribution in [-0.2, 0) is 9.59 Å². The van der Waals surface area contributed by atoms with Gasteiger partial charge in [0.05, 0.1) is 6.54 Å². The van der Waals surface area contributed by atoms with Crippen molar-refractivity contribution < 1.29 is 9.59 Å². The summed E-state index contributed by atoms with van der Waals surface area (Å²) in [6, 6.07) is 5.43. The molecule has 0 aliphatic heterocycles. The van der Waals surface area contributed by atoms with Crippen LogP contribution in [-0.4, -0.2) is 24.9 Å². The van der Waals surface area contributed by atoms with Gasteiger partial charge < -0.3 is 16.0 Å². The Kier molecular flexibility index (Phi) is 6.46. The van der Waals surface area contributed by atoms with Crippen molar-refractivity contribution in [3.8, 4) is 0 Å². The number of carbonyl (C=O) groups is 2. The fourth-order valence-corrected chi connectivity index (χ4v) is 1.57. The lowest BCUT2D eigenvalue weighted by molar-refractivity contribution is -0.116. The monoisotopic (exact) mass is 275 g/mol. The zero-order chi connectivity index (χ0) is 15.0. The molecule has 0 aliphatic carbocycles. The van der Waals surface area contributed by atoms with Gasteiger partial charge in [-0.1, -0.05) is 19.1 Å². The molecule has 1 rings (SSSR count). The van der Waals surface area contributed by atoms with E-state index in [4.69, 9.17) is 0 Å². The van der Waals surface area contributed by atoms with E-state index in [-0.39, 0.29) is 18.4 Å². The van der Waals surface area contributed by atoms with E-state index < -0.39 is 0 Å². The van der Waals surface area contributed by atoms with Gasteiger partial charge in [-0.15, -0.1) is 6.58 Å². The van der Waals surface area contributed by atoms with E-state index in [1.807, 2.05) is 19.1 Å². The van der Waals surface area contributed by atoms with Gasteiger partial charge in [0.25, 0.3) is 0 Å². The summed E-state index contributed by atoms with van der Waals surface area (Å²) in [6.45, 7) is 8.06. The van der Waals surface area contributed by atoms with Crippen molar-refractivity contribution >= 4 is 23.2 Å². The first-order chi connectivity index (χ1) is 9.56. The van der Waals surface area contributed by atoms with Crippen molar-refractivity contribution in [2.45, 2.75) is 20.3 Å². The molecule has 0 aromatic heterocycles. The lowest BCUT2D eigenvalue weighted by atomic mass is 10.1. The second-order valence-electron chi connectivity index (χ2n) is 4.40. The summed E-state index contributed by atoms with van der Waals surface area (Å²) in [5.41, 5.74) is 2.33. The molecule has 108 valence electrons. The van der Waals surface area contributed by atoms with Crippen LogP contribution in [0.25, 0.3) is 0 Å². The summed E-state index contributed by atoms with van der Waals surface area (Å²) in [4.78, 5) is 23.1. The normalized spacial score (nSPS) is 9.90. The predicted octanol–water partition coefficient (Wildman–Crippen LogP) is 2.06. The molecule has 0 aliphatic rings. The van der Waals surface area contributed by atoms with E-state index in [0.717, 1.165) is 5.56 Å². The van der Waals surface area contributed by atoms with Gasteiger partial charge in [0, 0.05) is 24.3 Å². The van der Waals surface area contributed by atoms with Crippen LogP contribution in [0.4, 0.5) is 11.4 Å². The van der Waals surface area contributed by atoms with E-state index in [1.165, 1.54) is 0 Å². The first kappa shape index (κ1) is 15.9. The molecule has 0 saturated heterocycles. The summed E-state index contributed by atoms with van der Waals surface area (Å²) in [6.07, 6.45) is 2.11. The highest BCUT2D eigenvalue weighted by molar-refractivity contribution is 5.95. The molecule has 0 bridgehead atoms. The first-order valence-corrected chi connectivity index (χ1v) is 6.58. The Hall–Kier alpha value is -2.14. The Morgan fingerprint density at radius 1 is 1.25 bits per heavy atom. The summed E-state index contributed by atoms with van der Waals surface area (Å²) >= 11 is 0. The average Bonchev–Trinajstić information content (AvgIpc) is 2.42. The smallest absolute Gasteiger partial charge is 0.238 e. The van der Waals surface area contributed by atoms with Crippen LogP contribution < -0.4 is 16.0 Å². The van der Waals surface area contributed by atoms with Gasteiger partial charge in [0.1, 0.15) is 0 Å². The van der Waals surface area contributed by atoms with E-state index in [1.54, 1.807) is 19.1 Å². The van der Waals surface area contributed by atoms with Crippen molar-refractivity contribution in [2.24, 2.45) is 0 Å². The number of amides is 2. The lowest BCUT2D eigenvalue weighted by Gasteiger charge is -2.11. The quantitative estimate of drug-likeness (QED) is 0.527. The maximum atomic E-state index is 11.7. The number of hydrogen-bond donors (Lipinski definition) is 3. The van der Waals surface area contributed by atoms with E-state index >= 15 is 0 Å². The molecule has 3 N–H and O–H groups in total. The zero-order valence-corrected chi connectivity index (χ0v) is 12.0. The Balaban J connectivity index is 2.67. The second kappa shape index (κ2) is 8.12. The number of nitrogens with one attached hydrogen (secondary N) is 3. The Morgan fingerprint density at radius 3 is 2.65 bits per heavy atom. The third-order valence-electron chi connectivity index (χ3n) is 2.69. The highest BCUT2D eigenvalue weighted by Crippen LogP contribution is 2.20. The molecular formula is C15H21N3O2. The summed E-state index contributed by atoms with van der Waals surface area (Å²) in [7, 11) is 0. The van der Waals surface area contributed by atoms with Gasteiger partial charge in [0.2, 0.25) is 11.8 Å². The number of aryl methyl sites for hydroxylation is 1. The maximum absolute atomic E-state index is 11.7. The number of hydrogen-bond acceptors (Lipinski definition) is 3. The molecule has 0 radical (unpaired) electrons. The maximum Gasteiger partial charge on any atom is 0.238 e. The predicted molar refractivity (Wildman–Crippen MR) is 81.8 cm³/mol. The highest BCUT2D eigenvalue weighted by Gasteiger charge is 2.06. The van der Waals surface area contributed by atoms with Crippen molar-refractivity contribution in [2.75, 3.05) is 23.7 Å². The Bertz CT molecular complexity index is 498. The molecule has 1 aromatic carbocycles. The van der Waals surface area contributed by atoms with Crippen LogP contribution >= 0.6 is 0 Å². The van der Waals surface area contributed by atoms with E-state index in [9.17, 15) is 9.59 Å². The standard InChI is InChI=1S/C15H21N3O2/c1-4-8-16-10-15(20)17-12-7-6-11(3)13(9-12)18-14(19)5-2/h4,6-7,9,16H,1,5,8,10H2,2-3H3,(H,17,20)(H,18,19). The molecule has 20 heavy (non-hydrogen) atoms. The van der Waals surface area contributed by atoms with Crippen LogP contribution in [0.5, 0.6) is 0 Å². The van der Waals surface area contributed by atoms with Crippen LogP contribution in [0.3, 0.4) is 0 Å². The SMILES string of the molecule is C=CCNCC(=O)Nc1ccc(C)c(NC(=O)CC)c1. The van der Waals surface area contributed by atoms with Gasteiger partial charge in [-0.05, 0) is 24.6 Å². The number of carbonyl (C=O) groups excluding carboxylic acids is 2. The number of rotatable bonds is 7. The van der Waals surface area contributed by atoms with E-state index in [2.05, 4.69) is 22.5 Å². The molecule has 0 heterocycles. The second-order valence-corrected chi connectivity index (χ2v) is 4.40. The zero-order valence-electron chi connectivity index (χ0n) is 12.0. The van der Waals surface area contributed by atoms with Crippen molar-refractivity contribution in [1.82, 2.24) is 5.32 Å². The van der Waals surface area contributed by atoms with Crippen LogP contribution in [0, 0.1) is 6.92 Å². The molecule has 0 fully saturated rings. The number of benzene rings is 1. The highest BCUT2D eigenvalue weighted by atomic mass is 16.2. The fourth-order valence-electron chi connectivity index (χ4n) is 1.57. The van der Waals surface area contributed by atoms with Crippen molar-refractivity contribution in [3.05, 3.63) is 36.4 Å². The molecular weight excluding hydrogens is 254 g/mol. The molecule has 1 aromatic rings. The van der Waals surface area contributed by atoms with Crippen LogP contribution in [0.2, 0.25) is 0 Å². The fraction of sp³-hybridized carbons (Fsp3) is 0.333. The lowest BCUT2D eigenvalue weighted by Crippen LogP contribution is -2.28. The van der Waals surface area contributed by atoms with Crippen molar-refractivity contribution in [3.63, 3.8) is 0 Å². The third-order valence-corrected chi connectivity index (χ3v) is 2.69. The Morgan fingerprint density at radius 2 is 2.00 bits per heavy atom. The molecule has 0 saturated carbocycles. The largest absolute Gasteiger partial charge is 0.326 e. The summed E-state index contributed by atoms with van der Waals surface area (Å²) < 4.78 is 0. The van der Waals surface area contributed by atoms with E-state index in [0.29, 0.717) is 24.3 Å². The van der Waals surface area contributed by atoms with Gasteiger partial charge >= 0.3 is 0 Å². The molecule has 0 atom stereocenters. The van der Waals surface area contributed by atoms with Crippen LogP contribution in [0.15, 0.2) is 30.9 Å². The minimum absolute atomic E-state index is 0.0516. The topological polar surface area (TPSA) is 70.2 Å². The molecule has 0 spiro atoms. The number of anilines is 2. The molecule has 5 heteroatoms. The summed E-state index contributed by atoms with van der Waals surface area (Å²) in [5, 5.41) is 8.50. The van der Waals surface area contributed by atoms with Gasteiger partial charge in [-0.3, -0.25) is 9.59 Å². The molecule has 5 nitrogen and oxygen atoms in total. The molecule has 0 unspecified atom stereocenters. The third kappa shape index (κ3) is 5.24. The average molecular weight is 275 g/mol. The van der Waals surface area contributed by atoms with Gasteiger partial charge in [-0.2, -0.15) is 0 Å². The minimum atomic E-state index is -0.136. The van der Waals surface area contributed by atoms with Gasteiger partial charge in [0.15, 0.2) is 0 Å². The summed E-state index contributed by atoms with van der Waals surface area (Å²) in [5.74, 6) is -0.187.